The molecule has 1 fully saturated rings. The summed E-state index contributed by atoms with van der Waals surface area (Å²) in [4.78, 5) is 18.5. The zero-order valence-electron chi connectivity index (χ0n) is 17.8. The summed E-state index contributed by atoms with van der Waals surface area (Å²) in [5.41, 5.74) is 4.66. The van der Waals surface area contributed by atoms with E-state index in [-0.39, 0.29) is 5.91 Å². The summed E-state index contributed by atoms with van der Waals surface area (Å²) >= 11 is 8.50. The molecule has 2 heterocycles. The van der Waals surface area contributed by atoms with Gasteiger partial charge in [0.1, 0.15) is 4.32 Å². The molecule has 0 atom stereocenters. The summed E-state index contributed by atoms with van der Waals surface area (Å²) in [5, 5.41) is 1.17. The molecule has 0 bridgehead atoms. The number of thioether (sulfide) groups is 2. The number of hydrogen-bond donors (Lipinski definition) is 0. The van der Waals surface area contributed by atoms with E-state index in [0.717, 1.165) is 12.1 Å². The molecule has 6 heteroatoms. The van der Waals surface area contributed by atoms with Crippen LogP contribution < -0.4 is 4.90 Å². The van der Waals surface area contributed by atoms with Gasteiger partial charge in [-0.2, -0.15) is 0 Å². The fourth-order valence-electron chi connectivity index (χ4n) is 3.60. The van der Waals surface area contributed by atoms with Crippen molar-refractivity contribution in [2.24, 2.45) is 0 Å². The lowest BCUT2D eigenvalue weighted by atomic mass is 10.1. The SMILES string of the molecule is CCN1C(=O)/C(=C/C(C)=C2/Sc3cc(/C=C/c4ccccc4)ccc3N2CC)SC1=S. The number of carbonyl (C=O) groups excluding carboxylic acids is 1. The quantitative estimate of drug-likeness (QED) is 0.276. The smallest absolute Gasteiger partial charge is 0.266 e. The van der Waals surface area contributed by atoms with Gasteiger partial charge in [-0.15, -0.1) is 0 Å². The van der Waals surface area contributed by atoms with Crippen LogP contribution in [0.2, 0.25) is 0 Å². The molecular weight excluding hydrogens is 440 g/mol. The Labute approximate surface area is 197 Å². The molecule has 0 spiro atoms. The molecule has 0 saturated carbocycles. The van der Waals surface area contributed by atoms with Gasteiger partial charge in [0.05, 0.1) is 15.6 Å². The maximum atomic E-state index is 12.6. The number of anilines is 1. The zero-order valence-corrected chi connectivity index (χ0v) is 20.2. The van der Waals surface area contributed by atoms with Crippen LogP contribution in [0, 0.1) is 0 Å². The molecule has 2 aliphatic rings. The van der Waals surface area contributed by atoms with E-state index in [2.05, 4.69) is 61.2 Å². The van der Waals surface area contributed by atoms with Crippen LogP contribution in [0.1, 0.15) is 31.9 Å². The second-order valence-corrected chi connectivity index (χ2v) is 9.94. The van der Waals surface area contributed by atoms with E-state index in [4.69, 9.17) is 12.2 Å². The van der Waals surface area contributed by atoms with Gasteiger partial charge in [0.2, 0.25) is 0 Å². The Balaban J connectivity index is 1.61. The Hall–Kier alpha value is -2.28. The van der Waals surface area contributed by atoms with Crippen molar-refractivity contribution in [3.8, 4) is 0 Å². The molecule has 0 radical (unpaired) electrons. The van der Waals surface area contributed by atoms with E-state index >= 15 is 0 Å². The first-order valence-electron chi connectivity index (χ1n) is 10.3. The average Bonchev–Trinajstić information content (AvgIpc) is 3.28. The predicted molar refractivity (Wildman–Crippen MR) is 139 cm³/mol. The van der Waals surface area contributed by atoms with Gasteiger partial charge in [-0.05, 0) is 55.7 Å². The van der Waals surface area contributed by atoms with E-state index < -0.39 is 0 Å². The molecule has 1 saturated heterocycles. The number of fused-ring (bicyclic) bond motifs is 1. The lowest BCUT2D eigenvalue weighted by Crippen LogP contribution is -2.27. The lowest BCUT2D eigenvalue weighted by molar-refractivity contribution is -0.122. The molecule has 31 heavy (non-hydrogen) atoms. The van der Waals surface area contributed by atoms with Crippen molar-refractivity contribution in [2.75, 3.05) is 18.0 Å². The first kappa shape index (κ1) is 21.9. The fraction of sp³-hybridized carbons (Fsp3) is 0.200. The van der Waals surface area contributed by atoms with Crippen LogP contribution in [0.15, 0.2) is 75.0 Å². The summed E-state index contributed by atoms with van der Waals surface area (Å²) < 4.78 is 0.640. The first-order chi connectivity index (χ1) is 15.0. The Morgan fingerprint density at radius 1 is 0.968 bits per heavy atom. The molecular formula is C25H24N2OS3. The highest BCUT2D eigenvalue weighted by Crippen LogP contribution is 2.48. The van der Waals surface area contributed by atoms with Crippen LogP contribution in [0.5, 0.6) is 0 Å². The maximum Gasteiger partial charge on any atom is 0.266 e. The van der Waals surface area contributed by atoms with E-state index in [0.29, 0.717) is 15.8 Å². The summed E-state index contributed by atoms with van der Waals surface area (Å²) in [6.45, 7) is 7.66. The topological polar surface area (TPSA) is 23.6 Å². The van der Waals surface area contributed by atoms with E-state index in [9.17, 15) is 4.79 Å². The molecule has 0 N–H and O–H groups in total. The summed E-state index contributed by atoms with van der Waals surface area (Å²) in [7, 11) is 0. The monoisotopic (exact) mass is 464 g/mol. The van der Waals surface area contributed by atoms with Crippen LogP contribution in [0.25, 0.3) is 12.2 Å². The average molecular weight is 465 g/mol. The Morgan fingerprint density at radius 2 is 1.68 bits per heavy atom. The van der Waals surface area contributed by atoms with Gasteiger partial charge in [0.25, 0.3) is 5.91 Å². The first-order valence-corrected chi connectivity index (χ1v) is 12.3. The van der Waals surface area contributed by atoms with Crippen molar-refractivity contribution in [1.29, 1.82) is 0 Å². The summed E-state index contributed by atoms with van der Waals surface area (Å²) in [5.74, 6) is 0.00865. The van der Waals surface area contributed by atoms with Crippen molar-refractivity contribution in [3.63, 3.8) is 0 Å². The van der Waals surface area contributed by atoms with Crippen LogP contribution in [-0.4, -0.2) is 28.2 Å². The van der Waals surface area contributed by atoms with Gasteiger partial charge in [0.15, 0.2) is 0 Å². The predicted octanol–water partition coefficient (Wildman–Crippen LogP) is 6.78. The number of allylic oxidation sites excluding steroid dienone is 2. The third-order valence-corrected chi connectivity index (χ3v) is 7.85. The van der Waals surface area contributed by atoms with Crippen molar-refractivity contribution in [1.82, 2.24) is 4.90 Å². The number of nitrogens with zero attached hydrogens (tertiary/aromatic N) is 2. The van der Waals surface area contributed by atoms with Crippen LogP contribution in [0.3, 0.4) is 0 Å². The van der Waals surface area contributed by atoms with Crippen LogP contribution in [-0.2, 0) is 4.79 Å². The molecule has 158 valence electrons. The van der Waals surface area contributed by atoms with Crippen LogP contribution >= 0.6 is 35.7 Å². The molecule has 0 aliphatic carbocycles. The highest BCUT2D eigenvalue weighted by molar-refractivity contribution is 8.26. The number of carbonyl (C=O) groups is 1. The van der Waals surface area contributed by atoms with Crippen molar-refractivity contribution in [2.45, 2.75) is 25.7 Å². The van der Waals surface area contributed by atoms with E-state index in [1.165, 1.54) is 38.5 Å². The normalized spacial score (nSPS) is 19.1. The van der Waals surface area contributed by atoms with E-state index in [1.54, 1.807) is 16.7 Å². The minimum absolute atomic E-state index is 0.00865. The molecule has 2 aliphatic heterocycles. The van der Waals surface area contributed by atoms with Crippen LogP contribution in [0.4, 0.5) is 5.69 Å². The highest BCUT2D eigenvalue weighted by atomic mass is 32.2. The molecule has 0 aromatic heterocycles. The van der Waals surface area contributed by atoms with Gasteiger partial charge < -0.3 is 4.90 Å². The number of thiocarbonyl (C=S) groups is 1. The molecule has 3 nitrogen and oxygen atoms in total. The van der Waals surface area contributed by atoms with Gasteiger partial charge in [-0.1, -0.05) is 84.3 Å². The highest BCUT2D eigenvalue weighted by Gasteiger charge is 2.31. The second kappa shape index (κ2) is 9.47. The maximum absolute atomic E-state index is 12.6. The molecule has 2 aromatic rings. The Bertz CT molecular complexity index is 1120. The molecule has 4 rings (SSSR count). The number of hydrogen-bond acceptors (Lipinski definition) is 5. The number of amides is 1. The van der Waals surface area contributed by atoms with Gasteiger partial charge in [-0.3, -0.25) is 9.69 Å². The van der Waals surface area contributed by atoms with Crippen molar-refractivity contribution in [3.05, 3.63) is 81.2 Å². The standard InChI is InChI=1S/C25H24N2OS3/c1-4-26-20-14-13-19(12-11-18-9-7-6-8-10-18)16-21(20)30-24(26)17(3)15-22-23(28)27(5-2)25(29)31-22/h6-16H,4-5H2,1-3H3/b12-11+,22-15-,24-17+. The summed E-state index contributed by atoms with van der Waals surface area (Å²) in [6.07, 6.45) is 6.27. The Morgan fingerprint density at radius 3 is 2.35 bits per heavy atom. The van der Waals surface area contributed by atoms with Gasteiger partial charge in [-0.25, -0.2) is 0 Å². The number of rotatable bonds is 5. The third kappa shape index (κ3) is 4.52. The molecule has 0 unspecified atom stereocenters. The largest absolute Gasteiger partial charge is 0.335 e. The summed E-state index contributed by atoms with van der Waals surface area (Å²) in [6, 6.07) is 16.9. The minimum Gasteiger partial charge on any atom is -0.335 e. The molecule has 1 amide bonds. The van der Waals surface area contributed by atoms with Gasteiger partial charge in [0, 0.05) is 18.0 Å². The number of benzene rings is 2. The van der Waals surface area contributed by atoms with E-state index in [1.807, 2.05) is 31.2 Å². The minimum atomic E-state index is 0.00865. The lowest BCUT2D eigenvalue weighted by Gasteiger charge is -2.19. The second-order valence-electron chi connectivity index (χ2n) is 7.23. The third-order valence-electron chi connectivity index (χ3n) is 5.19. The number of likely N-dealkylation sites (N-methyl/N-ethyl adjacent to an activating group) is 1. The molecule has 2 aromatic carbocycles. The fourth-order valence-corrected chi connectivity index (χ4v) is 6.27. The van der Waals surface area contributed by atoms with Crippen molar-refractivity contribution < 1.29 is 4.79 Å². The Kier molecular flexibility index (Phi) is 6.70. The van der Waals surface area contributed by atoms with Crippen molar-refractivity contribution >= 4 is 63.8 Å². The zero-order chi connectivity index (χ0) is 22.0. The van der Waals surface area contributed by atoms with Gasteiger partial charge >= 0.3 is 0 Å².